The lowest BCUT2D eigenvalue weighted by atomic mass is 9.97. The Morgan fingerprint density at radius 3 is 1.86 bits per heavy atom. The fraction of sp³-hybridized carbons (Fsp3) is 0.429. The van der Waals surface area contributed by atoms with Gasteiger partial charge in [-0.25, -0.2) is 9.21 Å². The van der Waals surface area contributed by atoms with Crippen LogP contribution in [0.25, 0.3) is 28.4 Å². The van der Waals surface area contributed by atoms with Crippen molar-refractivity contribution in [2.24, 2.45) is 0 Å². The molecule has 15 atom stereocenters. The highest BCUT2D eigenvalue weighted by Crippen LogP contribution is 2.43. The molecule has 0 amide bonds. The van der Waals surface area contributed by atoms with E-state index in [1.54, 1.807) is 0 Å². The van der Waals surface area contributed by atoms with Crippen LogP contribution >= 0.6 is 0 Å². The Morgan fingerprint density at radius 2 is 1.20 bits per heavy atom. The minimum absolute atomic E-state index is 0.0264. The van der Waals surface area contributed by atoms with E-state index in [-0.39, 0.29) is 45.3 Å². The van der Waals surface area contributed by atoms with Crippen molar-refractivity contribution in [1.29, 1.82) is 0 Å². The van der Waals surface area contributed by atoms with Gasteiger partial charge in [-0.15, -0.1) is 0 Å². The van der Waals surface area contributed by atoms with Gasteiger partial charge in [0.15, 0.2) is 23.9 Å². The third-order valence-electron chi connectivity index (χ3n) is 10.8. The maximum absolute atomic E-state index is 12.5. The van der Waals surface area contributed by atoms with Gasteiger partial charge in [-0.3, -0.25) is 0 Å². The number of hydrogen-bond donors (Lipinski definition) is 14. The number of benzene rings is 3. The third kappa shape index (κ3) is 10.2. The standard InChI is InChI=1S/C42H46O23/c43-13-26-30(50)33(53)36(56)40(62-26)60-24-11-19(46)10-23-20(24)12-25(38(59-23)17-3-5-18(45)6-4-17)61-42-39(35(55)31(51)27(14-44)63-42)65-41-37(57)34(54)32(52)28(64-41)15-58-29(49)8-2-16-1-7-21(47)22(48)9-16/h1-12,26-28,30-37,39-44,50-57H,13-15H2,(H3-,45,46,47,48,49)/p+1/t26-,27-,28-,30-,31-,32-,33+,34+,35+,36-,37-,39-,40-,41+,42-/m1/s1. The van der Waals surface area contributed by atoms with Crippen LogP contribution in [-0.4, -0.2) is 189 Å². The number of carbonyl (C=O) groups is 1. The molecule has 352 valence electrons. The quantitative estimate of drug-likeness (QED) is 0.0289. The number of rotatable bonds is 13. The Morgan fingerprint density at radius 1 is 0.600 bits per heavy atom. The summed E-state index contributed by atoms with van der Waals surface area (Å²) in [6, 6.07) is 12.7. The Hall–Kier alpha value is -5.48. The zero-order valence-electron chi connectivity index (χ0n) is 33.6. The summed E-state index contributed by atoms with van der Waals surface area (Å²) in [6.45, 7) is -2.39. The van der Waals surface area contributed by atoms with Crippen molar-refractivity contribution in [3.8, 4) is 45.8 Å². The summed E-state index contributed by atoms with van der Waals surface area (Å²) in [7, 11) is 0. The Balaban J connectivity index is 1.19. The first-order chi connectivity index (χ1) is 31.0. The molecule has 1 aromatic heterocycles. The number of aliphatic hydroxyl groups excluding tert-OH is 10. The molecule has 0 aliphatic carbocycles. The van der Waals surface area contributed by atoms with Crippen LogP contribution in [0.5, 0.6) is 34.5 Å². The van der Waals surface area contributed by atoms with Crippen LogP contribution in [-0.2, 0) is 28.5 Å². The lowest BCUT2D eigenvalue weighted by Gasteiger charge is -2.45. The number of aliphatic hydroxyl groups is 10. The summed E-state index contributed by atoms with van der Waals surface area (Å²) in [4.78, 5) is 12.5. The number of phenols is 4. The zero-order chi connectivity index (χ0) is 46.9. The van der Waals surface area contributed by atoms with E-state index in [4.69, 9.17) is 37.6 Å². The van der Waals surface area contributed by atoms with Gasteiger partial charge in [0.2, 0.25) is 18.3 Å². The van der Waals surface area contributed by atoms with Crippen LogP contribution in [0.4, 0.5) is 0 Å². The first-order valence-corrected chi connectivity index (χ1v) is 19.9. The smallest absolute Gasteiger partial charge is 0.402 e. The van der Waals surface area contributed by atoms with E-state index in [1.165, 1.54) is 60.7 Å². The van der Waals surface area contributed by atoms with E-state index < -0.39 is 129 Å². The van der Waals surface area contributed by atoms with Crippen molar-refractivity contribution in [1.82, 2.24) is 0 Å². The van der Waals surface area contributed by atoms with E-state index in [0.717, 1.165) is 12.1 Å². The van der Waals surface area contributed by atoms with Crippen LogP contribution in [0.1, 0.15) is 5.56 Å². The fourth-order valence-electron chi connectivity index (χ4n) is 7.22. The predicted molar refractivity (Wildman–Crippen MR) is 213 cm³/mol. The normalized spacial score (nSPS) is 32.9. The molecule has 65 heavy (non-hydrogen) atoms. The fourth-order valence-corrected chi connectivity index (χ4v) is 7.22. The van der Waals surface area contributed by atoms with Crippen LogP contribution in [0.15, 0.2) is 71.2 Å². The SMILES string of the molecule is O=C(/C=C/c1ccc(O)c(O)c1)OC[C@H]1O[C@@H](O[C@H]2[C@H](Oc3cc4c(O[C@@H]5O[C@H](CO)[C@@H](O)[C@H](O)[C@H]5O)cc(O)cc4[o+]c3-c3ccc(O)cc3)O[C@H](CO)[C@@H](O)[C@@H]2O)[C@H](O)[C@@H](O)[C@@H]1O. The molecule has 0 bridgehead atoms. The molecule has 4 aromatic rings. The molecule has 3 aliphatic heterocycles. The number of phenolic OH excluding ortho intramolecular Hbond substituents is 4. The van der Waals surface area contributed by atoms with Crippen molar-refractivity contribution < 1.29 is 114 Å². The molecule has 3 aliphatic rings. The topological polar surface area (TPSA) is 376 Å². The van der Waals surface area contributed by atoms with Crippen molar-refractivity contribution in [2.45, 2.75) is 92.1 Å². The van der Waals surface area contributed by atoms with E-state index in [9.17, 15) is 76.3 Å². The molecule has 0 saturated carbocycles. The molecular formula is C42H47O23+. The van der Waals surface area contributed by atoms with E-state index in [1.807, 2.05) is 0 Å². The minimum atomic E-state index is -2.06. The van der Waals surface area contributed by atoms with Crippen molar-refractivity contribution in [3.63, 3.8) is 0 Å². The molecule has 0 radical (unpaired) electrons. The lowest BCUT2D eigenvalue weighted by molar-refractivity contribution is -0.358. The first kappa shape index (κ1) is 47.5. The number of fused-ring (bicyclic) bond motifs is 1. The van der Waals surface area contributed by atoms with Gasteiger partial charge < -0.3 is 105 Å². The Kier molecular flexibility index (Phi) is 14.6. The van der Waals surface area contributed by atoms with Crippen molar-refractivity contribution >= 4 is 23.0 Å². The highest BCUT2D eigenvalue weighted by Gasteiger charge is 2.52. The molecule has 4 heterocycles. The second-order valence-electron chi connectivity index (χ2n) is 15.3. The van der Waals surface area contributed by atoms with Gasteiger partial charge in [0.25, 0.3) is 0 Å². The highest BCUT2D eigenvalue weighted by molar-refractivity contribution is 5.89. The lowest BCUT2D eigenvalue weighted by Crippen LogP contribution is -2.65. The summed E-state index contributed by atoms with van der Waals surface area (Å²) in [6.07, 6.45) is -25.0. The number of hydrogen-bond acceptors (Lipinski definition) is 22. The molecule has 23 heteroatoms. The van der Waals surface area contributed by atoms with Gasteiger partial charge in [-0.2, -0.15) is 0 Å². The summed E-state index contributed by atoms with van der Waals surface area (Å²) >= 11 is 0. The molecule has 14 N–H and O–H groups in total. The monoisotopic (exact) mass is 919 g/mol. The van der Waals surface area contributed by atoms with Crippen molar-refractivity contribution in [3.05, 3.63) is 72.3 Å². The average Bonchev–Trinajstić information content (AvgIpc) is 3.29. The summed E-state index contributed by atoms with van der Waals surface area (Å²) in [5.74, 6) is -3.09. The van der Waals surface area contributed by atoms with E-state index in [2.05, 4.69) is 0 Å². The maximum atomic E-state index is 12.5. The van der Waals surface area contributed by atoms with E-state index >= 15 is 0 Å². The van der Waals surface area contributed by atoms with Crippen LogP contribution in [0.3, 0.4) is 0 Å². The maximum Gasteiger partial charge on any atom is 0.402 e. The largest absolute Gasteiger partial charge is 0.508 e. The third-order valence-corrected chi connectivity index (χ3v) is 10.8. The van der Waals surface area contributed by atoms with Gasteiger partial charge in [-0.05, 0) is 48.0 Å². The van der Waals surface area contributed by atoms with E-state index in [0.29, 0.717) is 5.56 Å². The molecule has 3 saturated heterocycles. The summed E-state index contributed by atoms with van der Waals surface area (Å²) < 4.78 is 46.4. The van der Waals surface area contributed by atoms with Gasteiger partial charge in [0.1, 0.15) is 96.4 Å². The molecule has 0 spiro atoms. The van der Waals surface area contributed by atoms with Crippen LogP contribution in [0, 0.1) is 0 Å². The van der Waals surface area contributed by atoms with Gasteiger partial charge in [-0.1, -0.05) is 6.07 Å². The van der Waals surface area contributed by atoms with Gasteiger partial charge in [0, 0.05) is 18.2 Å². The van der Waals surface area contributed by atoms with Gasteiger partial charge >= 0.3 is 17.3 Å². The molecular weight excluding hydrogens is 872 g/mol. The highest BCUT2D eigenvalue weighted by atomic mass is 16.8. The zero-order valence-corrected chi connectivity index (χ0v) is 33.6. The number of esters is 1. The average molecular weight is 920 g/mol. The number of aromatic hydroxyl groups is 4. The van der Waals surface area contributed by atoms with Crippen molar-refractivity contribution in [2.75, 3.05) is 19.8 Å². The summed E-state index contributed by atoms with van der Waals surface area (Å²) in [5.41, 5.74) is 0.431. The molecule has 3 fully saturated rings. The van der Waals surface area contributed by atoms with Crippen LogP contribution in [0.2, 0.25) is 0 Å². The molecule has 7 rings (SSSR count). The predicted octanol–water partition coefficient (Wildman–Crippen LogP) is -2.35. The number of carbonyl (C=O) groups excluding carboxylic acids is 1. The second kappa shape index (κ2) is 19.9. The first-order valence-electron chi connectivity index (χ1n) is 19.9. The Bertz CT molecular complexity index is 2310. The van der Waals surface area contributed by atoms with Crippen LogP contribution < -0.4 is 9.47 Å². The molecule has 3 aromatic carbocycles. The number of ether oxygens (including phenoxy) is 7. The molecule has 23 nitrogen and oxygen atoms in total. The molecule has 0 unspecified atom stereocenters. The van der Waals surface area contributed by atoms with Gasteiger partial charge in [0.05, 0.1) is 24.8 Å². The summed E-state index contributed by atoms with van der Waals surface area (Å²) in [5, 5.41) is 146. The minimum Gasteiger partial charge on any atom is -0.508 e. The second-order valence-corrected chi connectivity index (χ2v) is 15.3. The Labute approximate surface area is 366 Å².